The molecule has 37 heavy (non-hydrogen) atoms. The topological polar surface area (TPSA) is 89.6 Å². The van der Waals surface area contributed by atoms with Crippen molar-refractivity contribution in [3.63, 3.8) is 0 Å². The Kier molecular flexibility index (Phi) is 6.36. The van der Waals surface area contributed by atoms with Crippen LogP contribution in [0.2, 0.25) is 0 Å². The van der Waals surface area contributed by atoms with Crippen LogP contribution in [0.25, 0.3) is 39.5 Å². The van der Waals surface area contributed by atoms with Crippen molar-refractivity contribution in [2.24, 2.45) is 0 Å². The predicted molar refractivity (Wildman–Crippen MR) is 147 cm³/mol. The lowest BCUT2D eigenvalue weighted by Crippen LogP contribution is -2.06. The zero-order chi connectivity index (χ0) is 25.2. The molecular formula is C28H25BrN8. The molecule has 184 valence electrons. The first kappa shape index (κ1) is 23.3. The number of aryl methyl sites for hydroxylation is 1. The summed E-state index contributed by atoms with van der Waals surface area (Å²) < 4.78 is 5.03. The van der Waals surface area contributed by atoms with Crippen molar-refractivity contribution < 1.29 is 0 Å². The molecule has 0 bridgehead atoms. The van der Waals surface area contributed by atoms with E-state index >= 15 is 0 Å². The van der Waals surface area contributed by atoms with Gasteiger partial charge in [-0.25, -0.2) is 10.1 Å². The average molecular weight is 553 g/mol. The van der Waals surface area contributed by atoms with Gasteiger partial charge in [-0.1, -0.05) is 92.2 Å². The van der Waals surface area contributed by atoms with Crippen molar-refractivity contribution in [2.75, 3.05) is 0 Å². The second-order valence-electron chi connectivity index (χ2n) is 8.93. The maximum absolute atomic E-state index is 5.01. The number of rotatable bonds is 8. The van der Waals surface area contributed by atoms with Gasteiger partial charge in [-0.2, -0.15) is 9.61 Å². The molecule has 0 fully saturated rings. The Morgan fingerprint density at radius 2 is 1.62 bits per heavy atom. The third-order valence-corrected chi connectivity index (χ3v) is 7.20. The van der Waals surface area contributed by atoms with Crippen molar-refractivity contribution in [2.45, 2.75) is 32.7 Å². The van der Waals surface area contributed by atoms with Gasteiger partial charge in [0, 0.05) is 17.5 Å². The molecule has 0 amide bonds. The van der Waals surface area contributed by atoms with E-state index in [2.05, 4.69) is 90.5 Å². The minimum absolute atomic E-state index is 0.653. The number of halogens is 1. The van der Waals surface area contributed by atoms with E-state index in [9.17, 15) is 0 Å². The van der Waals surface area contributed by atoms with Crippen LogP contribution in [0.3, 0.4) is 0 Å². The number of hydrogen-bond acceptors (Lipinski definition) is 5. The van der Waals surface area contributed by atoms with Crippen LogP contribution in [0.1, 0.15) is 31.2 Å². The number of unbranched alkanes of at least 4 members (excludes halogenated alkanes) is 1. The third kappa shape index (κ3) is 4.46. The van der Waals surface area contributed by atoms with Crippen LogP contribution < -0.4 is 0 Å². The van der Waals surface area contributed by atoms with E-state index in [-0.39, 0.29) is 0 Å². The quantitative estimate of drug-likeness (QED) is 0.243. The third-order valence-electron chi connectivity index (χ3n) is 6.49. The van der Waals surface area contributed by atoms with Crippen molar-refractivity contribution >= 4 is 21.7 Å². The van der Waals surface area contributed by atoms with Gasteiger partial charge >= 0.3 is 0 Å². The summed E-state index contributed by atoms with van der Waals surface area (Å²) in [5, 5.41) is 19.4. The van der Waals surface area contributed by atoms with E-state index < -0.39 is 0 Å². The molecule has 3 aromatic heterocycles. The smallest absolute Gasteiger partial charge is 0.234 e. The number of nitrogens with zero attached hydrogens (tertiary/aromatic N) is 7. The molecule has 0 saturated heterocycles. The Morgan fingerprint density at radius 1 is 0.865 bits per heavy atom. The van der Waals surface area contributed by atoms with Gasteiger partial charge in [0.05, 0.1) is 6.54 Å². The van der Waals surface area contributed by atoms with Crippen molar-refractivity contribution in [1.29, 1.82) is 0 Å². The van der Waals surface area contributed by atoms with Gasteiger partial charge in [0.25, 0.3) is 0 Å². The van der Waals surface area contributed by atoms with E-state index in [0.29, 0.717) is 12.4 Å². The van der Waals surface area contributed by atoms with Crippen molar-refractivity contribution in [3.05, 3.63) is 94.9 Å². The summed E-state index contributed by atoms with van der Waals surface area (Å²) in [6, 6.07) is 27.0. The largest absolute Gasteiger partial charge is 0.292 e. The van der Waals surface area contributed by atoms with E-state index in [1.807, 2.05) is 40.9 Å². The highest BCUT2D eigenvalue weighted by atomic mass is 79.9. The molecule has 3 heterocycles. The van der Waals surface area contributed by atoms with E-state index in [0.717, 1.165) is 63.4 Å². The molecule has 6 aromatic rings. The minimum atomic E-state index is 0.653. The van der Waals surface area contributed by atoms with Crippen LogP contribution in [0.5, 0.6) is 0 Å². The average Bonchev–Trinajstić information content (AvgIpc) is 3.67. The Balaban J connectivity index is 1.36. The summed E-state index contributed by atoms with van der Waals surface area (Å²) in [4.78, 5) is 5.01. The molecule has 0 radical (unpaired) electrons. The number of aromatic amines is 1. The maximum atomic E-state index is 5.01. The standard InChI is InChI=1S/C28H25BrN8/c1-2-3-13-24-33-37-26(29)25(21-9-5-4-6-10-21)30-28(37)36(24)18-19-14-16-20(17-15-19)22-11-7-8-12-23(22)27-31-34-35-32-27/h4-12,14-17H,2-3,13,18H2,1H3,(H,31,32,34,35). The summed E-state index contributed by atoms with van der Waals surface area (Å²) in [6.07, 6.45) is 3.10. The Bertz CT molecular complexity index is 1630. The predicted octanol–water partition coefficient (Wildman–Crippen LogP) is 6.20. The van der Waals surface area contributed by atoms with Gasteiger partial charge in [0.1, 0.15) is 16.1 Å². The van der Waals surface area contributed by atoms with E-state index in [1.54, 1.807) is 0 Å². The first-order valence-electron chi connectivity index (χ1n) is 12.3. The lowest BCUT2D eigenvalue weighted by Gasteiger charge is -2.10. The molecule has 8 nitrogen and oxygen atoms in total. The summed E-state index contributed by atoms with van der Waals surface area (Å²) in [5.41, 5.74) is 6.28. The molecule has 0 aliphatic rings. The lowest BCUT2D eigenvalue weighted by molar-refractivity contribution is 0.682. The number of aromatic nitrogens is 8. The molecule has 3 aromatic carbocycles. The first-order chi connectivity index (χ1) is 18.2. The van der Waals surface area contributed by atoms with Crippen molar-refractivity contribution in [1.82, 2.24) is 39.8 Å². The van der Waals surface area contributed by atoms with Gasteiger partial charge in [-0.15, -0.1) is 5.10 Å². The zero-order valence-electron chi connectivity index (χ0n) is 20.3. The number of hydrogen-bond donors (Lipinski definition) is 1. The van der Waals surface area contributed by atoms with Gasteiger partial charge < -0.3 is 0 Å². The molecule has 9 heteroatoms. The van der Waals surface area contributed by atoms with Crippen LogP contribution in [0.15, 0.2) is 83.5 Å². The van der Waals surface area contributed by atoms with Gasteiger partial charge in [0.2, 0.25) is 5.78 Å². The highest BCUT2D eigenvalue weighted by molar-refractivity contribution is 9.10. The van der Waals surface area contributed by atoms with Crippen LogP contribution in [0.4, 0.5) is 0 Å². The molecular weight excluding hydrogens is 528 g/mol. The molecule has 0 unspecified atom stereocenters. The first-order valence-corrected chi connectivity index (χ1v) is 13.1. The fourth-order valence-electron chi connectivity index (χ4n) is 4.58. The highest BCUT2D eigenvalue weighted by Gasteiger charge is 2.20. The Hall–Kier alpha value is -4.11. The zero-order valence-corrected chi connectivity index (χ0v) is 21.9. The number of tetrazole rings is 1. The normalized spacial score (nSPS) is 11.4. The van der Waals surface area contributed by atoms with Crippen LogP contribution in [-0.4, -0.2) is 39.8 Å². The molecule has 0 spiro atoms. The SMILES string of the molecule is CCCCc1nn2c(Br)c(-c3ccccc3)nc2n1Cc1ccc(-c2ccccc2-c2nnn[nH]2)cc1. The van der Waals surface area contributed by atoms with Gasteiger partial charge in [0.15, 0.2) is 5.82 Å². The second kappa shape index (κ2) is 10.1. The lowest BCUT2D eigenvalue weighted by atomic mass is 9.98. The van der Waals surface area contributed by atoms with Crippen LogP contribution in [-0.2, 0) is 13.0 Å². The van der Waals surface area contributed by atoms with E-state index in [4.69, 9.17) is 10.1 Å². The number of nitrogens with one attached hydrogen (secondary N) is 1. The Morgan fingerprint density at radius 3 is 2.35 bits per heavy atom. The second-order valence-corrected chi connectivity index (χ2v) is 9.68. The van der Waals surface area contributed by atoms with Gasteiger partial charge in [-0.3, -0.25) is 4.57 Å². The van der Waals surface area contributed by atoms with Crippen LogP contribution >= 0.6 is 15.9 Å². The van der Waals surface area contributed by atoms with Crippen molar-refractivity contribution in [3.8, 4) is 33.8 Å². The molecule has 0 aliphatic carbocycles. The highest BCUT2D eigenvalue weighted by Crippen LogP contribution is 2.31. The van der Waals surface area contributed by atoms with E-state index in [1.165, 1.54) is 5.56 Å². The monoisotopic (exact) mass is 552 g/mol. The molecule has 1 N–H and O–H groups in total. The summed E-state index contributed by atoms with van der Waals surface area (Å²) in [7, 11) is 0. The molecule has 0 aliphatic heterocycles. The van der Waals surface area contributed by atoms with Gasteiger partial charge in [-0.05, 0) is 49.5 Å². The summed E-state index contributed by atoms with van der Waals surface area (Å²) >= 11 is 3.76. The number of H-pyrrole nitrogens is 1. The minimum Gasteiger partial charge on any atom is -0.292 e. The maximum Gasteiger partial charge on any atom is 0.234 e. The molecule has 6 rings (SSSR count). The number of imidazole rings is 1. The number of benzene rings is 3. The summed E-state index contributed by atoms with van der Waals surface area (Å²) in [5.74, 6) is 2.53. The molecule has 0 atom stereocenters. The fraction of sp³-hybridized carbons (Fsp3) is 0.179. The van der Waals surface area contributed by atoms with Crippen LogP contribution in [0, 0.1) is 0 Å². The fourth-order valence-corrected chi connectivity index (χ4v) is 5.13. The summed E-state index contributed by atoms with van der Waals surface area (Å²) in [6.45, 7) is 2.89. The Labute approximate surface area is 222 Å². The number of fused-ring (bicyclic) bond motifs is 1. The molecule has 0 saturated carbocycles.